The summed E-state index contributed by atoms with van der Waals surface area (Å²) in [5.41, 5.74) is 0.660. The van der Waals surface area contributed by atoms with Crippen LogP contribution in [-0.4, -0.2) is 55.6 Å². The molecule has 160 valence electrons. The van der Waals surface area contributed by atoms with E-state index < -0.39 is 0 Å². The fraction of sp³-hybridized carbons (Fsp3) is 0.545. The van der Waals surface area contributed by atoms with E-state index >= 15 is 0 Å². The number of nitrogens with one attached hydrogen (secondary N) is 1. The van der Waals surface area contributed by atoms with Gasteiger partial charge in [0, 0.05) is 67.7 Å². The van der Waals surface area contributed by atoms with Crippen LogP contribution in [0.1, 0.15) is 48.9 Å². The molecule has 2 aromatic rings. The van der Waals surface area contributed by atoms with Gasteiger partial charge in [-0.1, -0.05) is 11.8 Å². The second-order valence-electron chi connectivity index (χ2n) is 8.22. The lowest BCUT2D eigenvalue weighted by molar-refractivity contribution is -0.127. The molecule has 1 aliphatic heterocycles. The summed E-state index contributed by atoms with van der Waals surface area (Å²) >= 11 is 1.85. The van der Waals surface area contributed by atoms with Crippen LogP contribution in [0.3, 0.4) is 0 Å². The second kappa shape index (κ2) is 9.64. The molecule has 2 fully saturated rings. The lowest BCUT2D eigenvalue weighted by Crippen LogP contribution is -2.46. The summed E-state index contributed by atoms with van der Waals surface area (Å²) in [7, 11) is 2.02. The molecule has 1 saturated heterocycles. The van der Waals surface area contributed by atoms with Crippen molar-refractivity contribution >= 4 is 23.6 Å². The van der Waals surface area contributed by atoms with Crippen LogP contribution < -0.4 is 5.32 Å². The summed E-state index contributed by atoms with van der Waals surface area (Å²) in [6.07, 6.45) is 12.8. The maximum Gasteiger partial charge on any atom is 0.253 e. The van der Waals surface area contributed by atoms with Gasteiger partial charge in [-0.15, -0.1) is 0 Å². The molecule has 0 atom stereocenters. The third-order valence-corrected chi connectivity index (χ3v) is 7.56. The normalized spacial score (nSPS) is 22.6. The van der Waals surface area contributed by atoms with Crippen molar-refractivity contribution in [3.8, 4) is 0 Å². The Morgan fingerprint density at radius 2 is 1.73 bits per heavy atom. The van der Waals surface area contributed by atoms with Gasteiger partial charge >= 0.3 is 0 Å². The topological polar surface area (TPSA) is 80.1 Å². The molecule has 7 nitrogen and oxygen atoms in total. The van der Waals surface area contributed by atoms with Crippen molar-refractivity contribution < 1.29 is 9.59 Å². The molecule has 1 N–H and O–H groups in total. The minimum atomic E-state index is 0.00570. The van der Waals surface area contributed by atoms with Crippen molar-refractivity contribution in [2.75, 3.05) is 13.1 Å². The molecule has 2 aliphatic rings. The molecule has 2 amide bonds. The van der Waals surface area contributed by atoms with E-state index in [4.69, 9.17) is 0 Å². The van der Waals surface area contributed by atoms with E-state index in [1.165, 1.54) is 0 Å². The average Bonchev–Trinajstić information content (AvgIpc) is 3.19. The highest BCUT2D eigenvalue weighted by Crippen LogP contribution is 2.33. The summed E-state index contributed by atoms with van der Waals surface area (Å²) in [6, 6.07) is 3.75. The molecule has 1 aliphatic carbocycles. The maximum absolute atomic E-state index is 12.8. The summed E-state index contributed by atoms with van der Waals surface area (Å²) in [6.45, 7) is 1.26. The SMILES string of the molecule is Cn1ccnc1SC1CCC(NC(=O)C2CCN(C(=O)c3ccncc3)CC2)CC1. The number of nitrogens with zero attached hydrogens (tertiary/aromatic N) is 4. The molecule has 0 unspecified atom stereocenters. The first-order valence-electron chi connectivity index (χ1n) is 10.7. The van der Waals surface area contributed by atoms with Crippen molar-refractivity contribution in [2.24, 2.45) is 13.0 Å². The van der Waals surface area contributed by atoms with E-state index in [2.05, 4.69) is 19.9 Å². The molecule has 8 heteroatoms. The molecule has 0 spiro atoms. The minimum absolute atomic E-state index is 0.00570. The number of rotatable bonds is 5. The first-order chi connectivity index (χ1) is 14.6. The Morgan fingerprint density at radius 1 is 1.03 bits per heavy atom. The molecular formula is C22H29N5O2S. The number of pyridine rings is 1. The lowest BCUT2D eigenvalue weighted by atomic mass is 9.92. The quantitative estimate of drug-likeness (QED) is 0.794. The van der Waals surface area contributed by atoms with Crippen LogP contribution in [0.4, 0.5) is 0 Å². The van der Waals surface area contributed by atoms with Gasteiger partial charge in [-0.2, -0.15) is 0 Å². The zero-order valence-electron chi connectivity index (χ0n) is 17.4. The van der Waals surface area contributed by atoms with Crippen molar-refractivity contribution in [2.45, 2.75) is 55.0 Å². The Morgan fingerprint density at radius 3 is 2.37 bits per heavy atom. The van der Waals surface area contributed by atoms with Crippen LogP contribution in [0.5, 0.6) is 0 Å². The largest absolute Gasteiger partial charge is 0.353 e. The fourth-order valence-electron chi connectivity index (χ4n) is 4.28. The smallest absolute Gasteiger partial charge is 0.253 e. The van der Waals surface area contributed by atoms with Gasteiger partial charge in [0.05, 0.1) is 0 Å². The molecular weight excluding hydrogens is 398 g/mol. The van der Waals surface area contributed by atoms with E-state index in [1.807, 2.05) is 36.1 Å². The van der Waals surface area contributed by atoms with E-state index in [1.54, 1.807) is 24.5 Å². The van der Waals surface area contributed by atoms with Crippen molar-refractivity contribution in [3.05, 3.63) is 42.5 Å². The second-order valence-corrected chi connectivity index (χ2v) is 9.49. The number of imidazole rings is 1. The molecule has 0 aromatic carbocycles. The monoisotopic (exact) mass is 427 g/mol. The highest BCUT2D eigenvalue weighted by molar-refractivity contribution is 7.99. The van der Waals surface area contributed by atoms with Crippen LogP contribution in [0.2, 0.25) is 0 Å². The number of aryl methyl sites for hydroxylation is 1. The fourth-order valence-corrected chi connectivity index (χ4v) is 5.44. The highest BCUT2D eigenvalue weighted by atomic mass is 32.2. The Balaban J connectivity index is 1.19. The number of carbonyl (C=O) groups is 2. The number of piperidine rings is 1. The Labute approximate surface area is 181 Å². The van der Waals surface area contributed by atoms with Gasteiger partial charge < -0.3 is 14.8 Å². The van der Waals surface area contributed by atoms with Crippen LogP contribution in [0.25, 0.3) is 0 Å². The molecule has 3 heterocycles. The third kappa shape index (κ3) is 5.03. The van der Waals surface area contributed by atoms with Gasteiger partial charge in [0.2, 0.25) is 5.91 Å². The van der Waals surface area contributed by atoms with E-state index in [-0.39, 0.29) is 23.8 Å². The van der Waals surface area contributed by atoms with E-state index in [9.17, 15) is 9.59 Å². The predicted octanol–water partition coefficient (Wildman–Crippen LogP) is 2.89. The Bertz CT molecular complexity index is 855. The third-order valence-electron chi connectivity index (χ3n) is 6.15. The average molecular weight is 428 g/mol. The number of aromatic nitrogens is 3. The summed E-state index contributed by atoms with van der Waals surface area (Å²) in [5.74, 6) is 0.192. The molecule has 2 aromatic heterocycles. The Kier molecular flexibility index (Phi) is 6.72. The predicted molar refractivity (Wildman–Crippen MR) is 116 cm³/mol. The standard InChI is InChI=1S/C22H29N5O2S/c1-26-15-12-24-22(26)30-19-4-2-18(3-5-19)25-20(28)16-8-13-27(14-9-16)21(29)17-6-10-23-11-7-17/h6-7,10-12,15-16,18-19H,2-5,8-9,13-14H2,1H3,(H,25,28). The van der Waals surface area contributed by atoms with E-state index in [0.29, 0.717) is 23.9 Å². The molecule has 0 radical (unpaired) electrons. The number of hydrogen-bond acceptors (Lipinski definition) is 5. The maximum atomic E-state index is 12.8. The number of hydrogen-bond donors (Lipinski definition) is 1. The zero-order valence-corrected chi connectivity index (χ0v) is 18.2. The zero-order chi connectivity index (χ0) is 20.9. The van der Waals surface area contributed by atoms with Crippen LogP contribution >= 0.6 is 11.8 Å². The van der Waals surface area contributed by atoms with Crippen molar-refractivity contribution in [3.63, 3.8) is 0 Å². The summed E-state index contributed by atoms with van der Waals surface area (Å²) < 4.78 is 2.06. The van der Waals surface area contributed by atoms with Gasteiger partial charge in [-0.3, -0.25) is 14.6 Å². The Hall–Kier alpha value is -2.35. The van der Waals surface area contributed by atoms with Crippen molar-refractivity contribution in [1.82, 2.24) is 24.8 Å². The lowest BCUT2D eigenvalue weighted by Gasteiger charge is -2.33. The van der Waals surface area contributed by atoms with Crippen LogP contribution in [0, 0.1) is 5.92 Å². The molecule has 30 heavy (non-hydrogen) atoms. The summed E-state index contributed by atoms with van der Waals surface area (Å²) in [5, 5.41) is 4.91. The van der Waals surface area contributed by atoms with Gasteiger partial charge in [0.1, 0.15) is 0 Å². The van der Waals surface area contributed by atoms with Gasteiger partial charge in [0.15, 0.2) is 5.16 Å². The van der Waals surface area contributed by atoms with E-state index in [0.717, 1.165) is 43.7 Å². The summed E-state index contributed by atoms with van der Waals surface area (Å²) in [4.78, 5) is 35.5. The number of thioether (sulfide) groups is 1. The minimum Gasteiger partial charge on any atom is -0.353 e. The van der Waals surface area contributed by atoms with Gasteiger partial charge in [-0.05, 0) is 50.7 Å². The van der Waals surface area contributed by atoms with Crippen molar-refractivity contribution in [1.29, 1.82) is 0 Å². The van der Waals surface area contributed by atoms with Crippen LogP contribution in [-0.2, 0) is 11.8 Å². The molecule has 4 rings (SSSR count). The van der Waals surface area contributed by atoms with Gasteiger partial charge in [0.25, 0.3) is 5.91 Å². The molecule has 1 saturated carbocycles. The first-order valence-corrected chi connectivity index (χ1v) is 11.6. The number of amides is 2. The highest BCUT2D eigenvalue weighted by Gasteiger charge is 2.30. The number of carbonyl (C=O) groups excluding carboxylic acids is 2. The van der Waals surface area contributed by atoms with Crippen LogP contribution in [0.15, 0.2) is 42.1 Å². The first kappa shape index (κ1) is 20.9. The van der Waals surface area contributed by atoms with Gasteiger partial charge in [-0.25, -0.2) is 4.98 Å². The number of likely N-dealkylation sites (tertiary alicyclic amines) is 1. The molecule has 0 bridgehead atoms.